The van der Waals surface area contributed by atoms with Crippen LogP contribution in [0.3, 0.4) is 0 Å². The number of hydrogen-bond acceptors (Lipinski definition) is 6. The van der Waals surface area contributed by atoms with Gasteiger partial charge in [0.1, 0.15) is 5.56 Å². The van der Waals surface area contributed by atoms with Gasteiger partial charge in [0.15, 0.2) is 11.5 Å². The summed E-state index contributed by atoms with van der Waals surface area (Å²) in [6.45, 7) is 1.78. The van der Waals surface area contributed by atoms with Crippen molar-refractivity contribution in [2.75, 3.05) is 7.11 Å². The molecule has 6 nitrogen and oxygen atoms in total. The molecular weight excluding hydrogens is 332 g/mol. The van der Waals surface area contributed by atoms with Crippen LogP contribution >= 0.6 is 0 Å². The number of esters is 1. The van der Waals surface area contributed by atoms with Crippen LogP contribution in [0.5, 0.6) is 11.5 Å². The molecule has 1 unspecified atom stereocenters. The summed E-state index contributed by atoms with van der Waals surface area (Å²) in [5.74, 6) is -0.694. The highest BCUT2D eigenvalue weighted by Crippen LogP contribution is 2.46. The Morgan fingerprint density at radius 3 is 2.54 bits per heavy atom. The van der Waals surface area contributed by atoms with Gasteiger partial charge in [-0.3, -0.25) is 9.97 Å². The summed E-state index contributed by atoms with van der Waals surface area (Å²) in [4.78, 5) is 20.7. The number of ether oxygens (including phenoxy) is 3. The molecule has 0 bridgehead atoms. The molecule has 1 aliphatic rings. The van der Waals surface area contributed by atoms with Crippen molar-refractivity contribution in [3.05, 3.63) is 72.1 Å². The third kappa shape index (κ3) is 2.65. The Kier molecular flexibility index (Phi) is 3.80. The molecule has 0 fully saturated rings. The van der Waals surface area contributed by atoms with Gasteiger partial charge in [0, 0.05) is 19.3 Å². The summed E-state index contributed by atoms with van der Waals surface area (Å²) in [6.07, 6.45) is 3.41. The molecule has 4 rings (SSSR count). The van der Waals surface area contributed by atoms with Crippen molar-refractivity contribution in [1.82, 2.24) is 9.97 Å². The summed E-state index contributed by atoms with van der Waals surface area (Å²) in [5.41, 5.74) is 2.59. The third-order valence-electron chi connectivity index (χ3n) is 4.20. The van der Waals surface area contributed by atoms with E-state index in [9.17, 15) is 4.79 Å². The first kappa shape index (κ1) is 16.1. The minimum absolute atomic E-state index is 0.326. The number of hydrogen-bond donors (Lipinski definition) is 0. The van der Waals surface area contributed by atoms with Gasteiger partial charge in [0.2, 0.25) is 0 Å². The molecule has 1 aromatic carbocycles. The van der Waals surface area contributed by atoms with Gasteiger partial charge in [0.05, 0.1) is 24.1 Å². The Labute approximate surface area is 150 Å². The SMILES string of the molecule is COC(=O)c1cccc2c1OC(C)(c1ccc(-c3ccccn3)nc1)O2. The molecule has 0 radical (unpaired) electrons. The number of carbonyl (C=O) groups is 1. The van der Waals surface area contributed by atoms with E-state index in [0.717, 1.165) is 17.0 Å². The van der Waals surface area contributed by atoms with Crippen LogP contribution in [0, 0.1) is 0 Å². The predicted octanol–water partition coefficient (Wildman–Crippen LogP) is 3.57. The lowest BCUT2D eigenvalue weighted by Gasteiger charge is -2.23. The van der Waals surface area contributed by atoms with Crippen LogP contribution in [0.15, 0.2) is 60.9 Å². The number of benzene rings is 1. The molecule has 6 heteroatoms. The topological polar surface area (TPSA) is 70.5 Å². The van der Waals surface area contributed by atoms with E-state index in [1.165, 1.54) is 7.11 Å². The Hall–Kier alpha value is -3.41. The standard InChI is InChI=1S/C20H16N2O4/c1-20(13-9-10-16(22-12-13)15-7-3-4-11-21-15)25-17-8-5-6-14(18(17)26-20)19(23)24-2/h3-12H,1-2H3. The van der Waals surface area contributed by atoms with Crippen molar-refractivity contribution in [3.63, 3.8) is 0 Å². The third-order valence-corrected chi connectivity index (χ3v) is 4.20. The van der Waals surface area contributed by atoms with Crippen molar-refractivity contribution in [2.45, 2.75) is 12.7 Å². The highest BCUT2D eigenvalue weighted by molar-refractivity contribution is 5.93. The zero-order valence-electron chi connectivity index (χ0n) is 14.3. The van der Waals surface area contributed by atoms with Gasteiger partial charge >= 0.3 is 5.97 Å². The van der Waals surface area contributed by atoms with E-state index in [0.29, 0.717) is 17.1 Å². The summed E-state index contributed by atoms with van der Waals surface area (Å²) in [6, 6.07) is 14.5. The van der Waals surface area contributed by atoms with Crippen molar-refractivity contribution in [1.29, 1.82) is 0 Å². The summed E-state index contributed by atoms with van der Waals surface area (Å²) >= 11 is 0. The Bertz CT molecular complexity index is 957. The average molecular weight is 348 g/mol. The molecule has 0 amide bonds. The first-order valence-corrected chi connectivity index (χ1v) is 8.08. The average Bonchev–Trinajstić information content (AvgIpc) is 3.05. The van der Waals surface area contributed by atoms with Gasteiger partial charge < -0.3 is 14.2 Å². The van der Waals surface area contributed by atoms with E-state index < -0.39 is 11.8 Å². The van der Waals surface area contributed by atoms with Crippen LogP contribution in [-0.2, 0) is 10.5 Å². The normalized spacial score (nSPS) is 17.8. The van der Waals surface area contributed by atoms with Crippen LogP contribution in [-0.4, -0.2) is 23.0 Å². The second kappa shape index (κ2) is 6.15. The van der Waals surface area contributed by atoms with Gasteiger partial charge in [-0.15, -0.1) is 0 Å². The Morgan fingerprint density at radius 2 is 1.85 bits per heavy atom. The smallest absolute Gasteiger partial charge is 0.341 e. The second-order valence-electron chi connectivity index (χ2n) is 5.92. The number of pyridine rings is 2. The van der Waals surface area contributed by atoms with Crippen molar-refractivity contribution in [3.8, 4) is 22.9 Å². The van der Waals surface area contributed by atoms with E-state index in [4.69, 9.17) is 14.2 Å². The molecule has 0 spiro atoms. The van der Waals surface area contributed by atoms with E-state index in [1.54, 1.807) is 37.5 Å². The molecular formula is C20H16N2O4. The Balaban J connectivity index is 1.65. The van der Waals surface area contributed by atoms with Crippen LogP contribution in [0.25, 0.3) is 11.4 Å². The second-order valence-corrected chi connectivity index (χ2v) is 5.92. The summed E-state index contributed by atoms with van der Waals surface area (Å²) < 4.78 is 16.8. The fraction of sp³-hybridized carbons (Fsp3) is 0.150. The highest BCUT2D eigenvalue weighted by Gasteiger charge is 2.41. The minimum atomic E-state index is -1.08. The molecule has 3 heterocycles. The lowest BCUT2D eigenvalue weighted by molar-refractivity contribution is -0.0685. The molecule has 130 valence electrons. The Morgan fingerprint density at radius 1 is 1.00 bits per heavy atom. The van der Waals surface area contributed by atoms with E-state index >= 15 is 0 Å². The number of carbonyl (C=O) groups excluding carboxylic acids is 1. The van der Waals surface area contributed by atoms with Crippen LogP contribution in [0.2, 0.25) is 0 Å². The van der Waals surface area contributed by atoms with Crippen LogP contribution in [0.4, 0.5) is 0 Å². The van der Waals surface area contributed by atoms with Crippen LogP contribution < -0.4 is 9.47 Å². The van der Waals surface area contributed by atoms with Crippen LogP contribution in [0.1, 0.15) is 22.8 Å². The fourth-order valence-electron chi connectivity index (χ4n) is 2.84. The van der Waals surface area contributed by atoms with Gasteiger partial charge in [-0.05, 0) is 36.4 Å². The van der Waals surface area contributed by atoms with Gasteiger partial charge in [-0.25, -0.2) is 4.79 Å². The van der Waals surface area contributed by atoms with Gasteiger partial charge in [-0.2, -0.15) is 0 Å². The number of para-hydroxylation sites is 1. The van der Waals surface area contributed by atoms with Gasteiger partial charge in [-0.1, -0.05) is 12.1 Å². The van der Waals surface area contributed by atoms with E-state index in [1.807, 2.05) is 30.3 Å². The van der Waals surface area contributed by atoms with E-state index in [-0.39, 0.29) is 0 Å². The largest absolute Gasteiger partial charge is 0.465 e. The quantitative estimate of drug-likeness (QED) is 0.674. The molecule has 1 atom stereocenters. The lowest BCUT2D eigenvalue weighted by atomic mass is 10.1. The summed E-state index contributed by atoms with van der Waals surface area (Å²) in [5, 5.41) is 0. The zero-order chi connectivity index (χ0) is 18.1. The van der Waals surface area contributed by atoms with E-state index in [2.05, 4.69) is 9.97 Å². The predicted molar refractivity (Wildman–Crippen MR) is 93.9 cm³/mol. The molecule has 26 heavy (non-hydrogen) atoms. The number of rotatable bonds is 3. The van der Waals surface area contributed by atoms with Gasteiger partial charge in [0.25, 0.3) is 5.79 Å². The first-order chi connectivity index (χ1) is 12.6. The maximum atomic E-state index is 11.9. The lowest BCUT2D eigenvalue weighted by Crippen LogP contribution is -2.31. The molecule has 0 aliphatic carbocycles. The molecule has 2 aromatic heterocycles. The maximum Gasteiger partial charge on any atom is 0.341 e. The maximum absolute atomic E-state index is 11.9. The minimum Gasteiger partial charge on any atom is -0.465 e. The zero-order valence-corrected chi connectivity index (χ0v) is 14.3. The molecule has 1 aliphatic heterocycles. The first-order valence-electron chi connectivity index (χ1n) is 8.08. The molecule has 0 N–H and O–H groups in total. The monoisotopic (exact) mass is 348 g/mol. The van der Waals surface area contributed by atoms with Crippen molar-refractivity contribution >= 4 is 5.97 Å². The number of methoxy groups -OCH3 is 1. The molecule has 3 aromatic rings. The fourth-order valence-corrected chi connectivity index (χ4v) is 2.84. The highest BCUT2D eigenvalue weighted by atomic mass is 16.7. The number of aromatic nitrogens is 2. The number of fused-ring (bicyclic) bond motifs is 1. The molecule has 0 saturated carbocycles. The number of nitrogens with zero attached hydrogens (tertiary/aromatic N) is 2. The van der Waals surface area contributed by atoms with Crippen molar-refractivity contribution < 1.29 is 19.0 Å². The van der Waals surface area contributed by atoms with Crippen molar-refractivity contribution in [2.24, 2.45) is 0 Å². The summed E-state index contributed by atoms with van der Waals surface area (Å²) in [7, 11) is 1.33. The molecule has 0 saturated heterocycles.